The number of rotatable bonds is 5. The maximum Gasteiger partial charge on any atom is 0.222 e. The van der Waals surface area contributed by atoms with Crippen molar-refractivity contribution in [1.29, 1.82) is 0 Å². The van der Waals surface area contributed by atoms with Crippen LogP contribution in [-0.4, -0.2) is 17.4 Å². The number of hydrogen-bond acceptors (Lipinski definition) is 3. The van der Waals surface area contributed by atoms with Crippen molar-refractivity contribution >= 4 is 29.0 Å². The summed E-state index contributed by atoms with van der Waals surface area (Å²) < 4.78 is 0. The Morgan fingerprint density at radius 2 is 1.95 bits per heavy atom. The van der Waals surface area contributed by atoms with E-state index in [1.807, 2.05) is 30.3 Å². The van der Waals surface area contributed by atoms with Crippen molar-refractivity contribution in [2.45, 2.75) is 13.3 Å². The molecular formula is C15H16ClN3O. The first-order valence-corrected chi connectivity index (χ1v) is 6.73. The maximum atomic E-state index is 10.9. The number of benzene rings is 1. The number of anilines is 2. The molecule has 4 nitrogen and oxygen atoms in total. The standard InChI is InChI=1S/C15H16ClN3O/c1-11(20)19-15-7-6-14(10-18-15)17-9-8-12-2-4-13(16)5-3-12/h2-7,10,17H,8-9H2,1H3,(H,18,19,20). The number of aromatic nitrogens is 1. The molecule has 1 aromatic heterocycles. The Hall–Kier alpha value is -2.07. The summed E-state index contributed by atoms with van der Waals surface area (Å²) in [7, 11) is 0. The molecule has 1 heterocycles. The molecule has 104 valence electrons. The molecule has 1 amide bonds. The summed E-state index contributed by atoms with van der Waals surface area (Å²) in [6, 6.07) is 11.5. The molecule has 0 bridgehead atoms. The minimum Gasteiger partial charge on any atom is -0.383 e. The fourth-order valence-corrected chi connectivity index (χ4v) is 1.88. The van der Waals surface area contributed by atoms with E-state index in [0.717, 1.165) is 23.7 Å². The zero-order valence-electron chi connectivity index (χ0n) is 11.2. The van der Waals surface area contributed by atoms with E-state index in [-0.39, 0.29) is 5.91 Å². The molecule has 20 heavy (non-hydrogen) atoms. The van der Waals surface area contributed by atoms with Crippen LogP contribution in [-0.2, 0) is 11.2 Å². The molecule has 0 atom stereocenters. The number of carbonyl (C=O) groups excluding carboxylic acids is 1. The van der Waals surface area contributed by atoms with E-state index in [0.29, 0.717) is 5.82 Å². The van der Waals surface area contributed by atoms with Crippen LogP contribution in [0.25, 0.3) is 0 Å². The molecular weight excluding hydrogens is 274 g/mol. The lowest BCUT2D eigenvalue weighted by Crippen LogP contribution is -2.08. The summed E-state index contributed by atoms with van der Waals surface area (Å²) in [4.78, 5) is 15.0. The van der Waals surface area contributed by atoms with Crippen molar-refractivity contribution in [2.24, 2.45) is 0 Å². The first kappa shape index (κ1) is 14.3. The molecule has 0 radical (unpaired) electrons. The average Bonchev–Trinajstić information content (AvgIpc) is 2.42. The third kappa shape index (κ3) is 4.55. The van der Waals surface area contributed by atoms with Gasteiger partial charge in [-0.15, -0.1) is 0 Å². The van der Waals surface area contributed by atoms with Crippen molar-refractivity contribution in [2.75, 3.05) is 17.2 Å². The molecule has 0 unspecified atom stereocenters. The molecule has 0 aliphatic carbocycles. The molecule has 0 saturated carbocycles. The second-order valence-electron chi connectivity index (χ2n) is 4.42. The lowest BCUT2D eigenvalue weighted by molar-refractivity contribution is -0.114. The van der Waals surface area contributed by atoms with Crippen LogP contribution in [0.4, 0.5) is 11.5 Å². The second kappa shape index (κ2) is 6.91. The van der Waals surface area contributed by atoms with Gasteiger partial charge in [0.15, 0.2) is 0 Å². The Kier molecular flexibility index (Phi) is 4.96. The van der Waals surface area contributed by atoms with Gasteiger partial charge in [0.1, 0.15) is 5.82 Å². The van der Waals surface area contributed by atoms with E-state index in [1.165, 1.54) is 12.5 Å². The van der Waals surface area contributed by atoms with Crippen molar-refractivity contribution < 1.29 is 4.79 Å². The molecule has 0 saturated heterocycles. The fraction of sp³-hybridized carbons (Fsp3) is 0.200. The third-order valence-corrected chi connectivity index (χ3v) is 2.98. The van der Waals surface area contributed by atoms with E-state index in [2.05, 4.69) is 15.6 Å². The van der Waals surface area contributed by atoms with E-state index in [4.69, 9.17) is 11.6 Å². The minimum absolute atomic E-state index is 0.124. The molecule has 0 aliphatic heterocycles. The Morgan fingerprint density at radius 3 is 2.55 bits per heavy atom. The summed E-state index contributed by atoms with van der Waals surface area (Å²) >= 11 is 5.84. The highest BCUT2D eigenvalue weighted by molar-refractivity contribution is 6.30. The van der Waals surface area contributed by atoms with Crippen LogP contribution in [0.5, 0.6) is 0 Å². The number of amides is 1. The van der Waals surface area contributed by atoms with Gasteiger partial charge in [-0.05, 0) is 36.2 Å². The van der Waals surface area contributed by atoms with Gasteiger partial charge < -0.3 is 10.6 Å². The monoisotopic (exact) mass is 289 g/mol. The molecule has 1 aromatic carbocycles. The summed E-state index contributed by atoms with van der Waals surface area (Å²) in [6.07, 6.45) is 2.61. The summed E-state index contributed by atoms with van der Waals surface area (Å²) in [5, 5.41) is 6.66. The van der Waals surface area contributed by atoms with Crippen LogP contribution in [0.3, 0.4) is 0 Å². The number of nitrogens with one attached hydrogen (secondary N) is 2. The van der Waals surface area contributed by atoms with Crippen LogP contribution < -0.4 is 10.6 Å². The Balaban J connectivity index is 1.82. The number of pyridine rings is 1. The quantitative estimate of drug-likeness (QED) is 0.887. The van der Waals surface area contributed by atoms with Gasteiger partial charge in [0.25, 0.3) is 0 Å². The van der Waals surface area contributed by atoms with Crippen molar-refractivity contribution in [3.05, 3.63) is 53.2 Å². The zero-order valence-corrected chi connectivity index (χ0v) is 11.9. The molecule has 2 rings (SSSR count). The molecule has 0 spiro atoms. The van der Waals surface area contributed by atoms with Crippen molar-refractivity contribution in [3.63, 3.8) is 0 Å². The lowest BCUT2D eigenvalue weighted by Gasteiger charge is -2.07. The molecule has 0 fully saturated rings. The fourth-order valence-electron chi connectivity index (χ4n) is 1.75. The number of halogens is 1. The number of hydrogen-bond donors (Lipinski definition) is 2. The first-order chi connectivity index (χ1) is 9.63. The SMILES string of the molecule is CC(=O)Nc1ccc(NCCc2ccc(Cl)cc2)cn1. The summed E-state index contributed by atoms with van der Waals surface area (Å²) in [5.74, 6) is 0.432. The molecule has 2 N–H and O–H groups in total. The normalized spacial score (nSPS) is 10.1. The smallest absolute Gasteiger partial charge is 0.222 e. The third-order valence-electron chi connectivity index (χ3n) is 2.72. The second-order valence-corrected chi connectivity index (χ2v) is 4.85. The Morgan fingerprint density at radius 1 is 1.20 bits per heavy atom. The molecule has 0 aliphatic rings. The van der Waals surface area contributed by atoms with Gasteiger partial charge in [-0.25, -0.2) is 4.98 Å². The topological polar surface area (TPSA) is 54.0 Å². The van der Waals surface area contributed by atoms with Crippen LogP contribution >= 0.6 is 11.6 Å². The van der Waals surface area contributed by atoms with Gasteiger partial charge in [0.2, 0.25) is 5.91 Å². The maximum absolute atomic E-state index is 10.9. The number of nitrogens with zero attached hydrogens (tertiary/aromatic N) is 1. The average molecular weight is 290 g/mol. The highest BCUT2D eigenvalue weighted by atomic mass is 35.5. The predicted molar refractivity (Wildman–Crippen MR) is 82.2 cm³/mol. The van der Waals surface area contributed by atoms with E-state index in [9.17, 15) is 4.79 Å². The Labute approximate surface area is 123 Å². The highest BCUT2D eigenvalue weighted by Crippen LogP contribution is 2.12. The summed E-state index contributed by atoms with van der Waals surface area (Å²) in [6.45, 7) is 2.27. The first-order valence-electron chi connectivity index (χ1n) is 6.35. The van der Waals surface area contributed by atoms with E-state index in [1.54, 1.807) is 12.3 Å². The minimum atomic E-state index is -0.124. The van der Waals surface area contributed by atoms with Crippen molar-refractivity contribution in [3.8, 4) is 0 Å². The zero-order chi connectivity index (χ0) is 14.4. The van der Waals surface area contributed by atoms with Crippen LogP contribution in [0.1, 0.15) is 12.5 Å². The van der Waals surface area contributed by atoms with Crippen LogP contribution in [0.15, 0.2) is 42.6 Å². The van der Waals surface area contributed by atoms with Gasteiger partial charge in [-0.3, -0.25) is 4.79 Å². The van der Waals surface area contributed by atoms with Gasteiger partial charge in [-0.2, -0.15) is 0 Å². The van der Waals surface area contributed by atoms with Crippen LogP contribution in [0, 0.1) is 0 Å². The summed E-state index contributed by atoms with van der Waals surface area (Å²) in [5.41, 5.74) is 2.15. The van der Waals surface area contributed by atoms with E-state index >= 15 is 0 Å². The Bertz CT molecular complexity index is 567. The largest absolute Gasteiger partial charge is 0.383 e. The van der Waals surface area contributed by atoms with Crippen LogP contribution in [0.2, 0.25) is 5.02 Å². The molecule has 2 aromatic rings. The van der Waals surface area contributed by atoms with Gasteiger partial charge in [0, 0.05) is 18.5 Å². The van der Waals surface area contributed by atoms with E-state index < -0.39 is 0 Å². The number of carbonyl (C=O) groups is 1. The van der Waals surface area contributed by atoms with Gasteiger partial charge >= 0.3 is 0 Å². The molecule has 5 heteroatoms. The highest BCUT2D eigenvalue weighted by Gasteiger charge is 1.98. The lowest BCUT2D eigenvalue weighted by atomic mass is 10.1. The van der Waals surface area contributed by atoms with Gasteiger partial charge in [0.05, 0.1) is 11.9 Å². The predicted octanol–water partition coefficient (Wildman–Crippen LogP) is 3.35. The van der Waals surface area contributed by atoms with Gasteiger partial charge in [-0.1, -0.05) is 23.7 Å². The van der Waals surface area contributed by atoms with Crippen molar-refractivity contribution in [1.82, 2.24) is 4.98 Å².